The smallest absolute Gasteiger partial charge is 0.306 e. The molecule has 0 radical (unpaired) electrons. The van der Waals surface area contributed by atoms with Crippen molar-refractivity contribution in [3.8, 4) is 0 Å². The second kappa shape index (κ2) is 11.5. The lowest BCUT2D eigenvalue weighted by Gasteiger charge is -2.12. The normalized spacial score (nSPS) is 10.4. The summed E-state index contributed by atoms with van der Waals surface area (Å²) in [6, 6.07) is 11.3. The van der Waals surface area contributed by atoms with Crippen LogP contribution in [0.25, 0.3) is 0 Å². The van der Waals surface area contributed by atoms with Crippen molar-refractivity contribution in [2.45, 2.75) is 46.5 Å². The van der Waals surface area contributed by atoms with Crippen LogP contribution in [0.2, 0.25) is 0 Å². The lowest BCUT2D eigenvalue weighted by atomic mass is 10.1. The van der Waals surface area contributed by atoms with Crippen molar-refractivity contribution in [2.75, 3.05) is 17.2 Å². The minimum Gasteiger partial charge on any atom is -0.456 e. The largest absolute Gasteiger partial charge is 0.456 e. The highest BCUT2D eigenvalue weighted by Crippen LogP contribution is 2.25. The SMILES string of the molecule is CCc1ccccc1NC(=O)CCCC(=O)OCC(=O)Nc1ccc(Br)c(C)c1C. The maximum Gasteiger partial charge on any atom is 0.306 e. The van der Waals surface area contributed by atoms with Gasteiger partial charge in [-0.05, 0) is 61.6 Å². The molecule has 0 atom stereocenters. The fourth-order valence-electron chi connectivity index (χ4n) is 2.88. The lowest BCUT2D eigenvalue weighted by Crippen LogP contribution is -2.21. The van der Waals surface area contributed by atoms with E-state index in [0.717, 1.165) is 33.3 Å². The van der Waals surface area contributed by atoms with Crippen molar-refractivity contribution >= 4 is 45.1 Å². The molecule has 2 aromatic rings. The molecule has 0 aliphatic rings. The number of halogens is 1. The molecule has 0 heterocycles. The van der Waals surface area contributed by atoms with E-state index in [0.29, 0.717) is 12.1 Å². The number of benzene rings is 2. The zero-order valence-corrected chi connectivity index (χ0v) is 19.1. The number of esters is 1. The van der Waals surface area contributed by atoms with Gasteiger partial charge in [-0.3, -0.25) is 14.4 Å². The van der Waals surface area contributed by atoms with Crippen LogP contribution in [-0.2, 0) is 25.5 Å². The third-order valence-electron chi connectivity index (χ3n) is 4.82. The number of hydrogen-bond donors (Lipinski definition) is 2. The molecule has 0 aliphatic carbocycles. The number of ether oxygens (including phenoxy) is 1. The molecule has 160 valence electrons. The number of amides is 2. The molecule has 0 bridgehead atoms. The van der Waals surface area contributed by atoms with Gasteiger partial charge in [0.2, 0.25) is 5.91 Å². The zero-order chi connectivity index (χ0) is 22.1. The molecular formula is C23H27BrN2O4. The van der Waals surface area contributed by atoms with Gasteiger partial charge >= 0.3 is 5.97 Å². The third-order valence-corrected chi connectivity index (χ3v) is 5.68. The van der Waals surface area contributed by atoms with E-state index >= 15 is 0 Å². The Hall–Kier alpha value is -2.67. The summed E-state index contributed by atoms with van der Waals surface area (Å²) < 4.78 is 5.98. The van der Waals surface area contributed by atoms with Gasteiger partial charge < -0.3 is 15.4 Å². The molecular weight excluding hydrogens is 448 g/mol. The Morgan fingerprint density at radius 2 is 1.60 bits per heavy atom. The van der Waals surface area contributed by atoms with Gasteiger partial charge in [0.15, 0.2) is 6.61 Å². The predicted molar refractivity (Wildman–Crippen MR) is 122 cm³/mol. The quantitative estimate of drug-likeness (QED) is 0.505. The summed E-state index contributed by atoms with van der Waals surface area (Å²) in [6.07, 6.45) is 1.46. The van der Waals surface area contributed by atoms with Gasteiger partial charge in [0.05, 0.1) is 0 Å². The second-order valence-corrected chi connectivity index (χ2v) is 7.82. The van der Waals surface area contributed by atoms with E-state index in [1.165, 1.54) is 0 Å². The predicted octanol–water partition coefficient (Wildman–Crippen LogP) is 4.92. The summed E-state index contributed by atoms with van der Waals surface area (Å²) in [7, 11) is 0. The van der Waals surface area contributed by atoms with Crippen molar-refractivity contribution in [1.82, 2.24) is 0 Å². The maximum absolute atomic E-state index is 12.1. The summed E-state index contributed by atoms with van der Waals surface area (Å²) in [5, 5.41) is 5.61. The van der Waals surface area contributed by atoms with Gasteiger partial charge in [-0.25, -0.2) is 0 Å². The van der Waals surface area contributed by atoms with E-state index in [-0.39, 0.29) is 25.4 Å². The first-order chi connectivity index (χ1) is 14.3. The summed E-state index contributed by atoms with van der Waals surface area (Å²) >= 11 is 3.45. The zero-order valence-electron chi connectivity index (χ0n) is 17.5. The standard InChI is InChI=1S/C23H27BrN2O4/c1-4-17-8-5-6-9-20(17)26-21(27)10-7-11-23(29)30-14-22(28)25-19-13-12-18(24)15(2)16(19)3/h5-6,8-9,12-13H,4,7,10-11,14H2,1-3H3,(H,25,28)(H,26,27). The molecule has 2 rings (SSSR count). The molecule has 0 saturated heterocycles. The monoisotopic (exact) mass is 474 g/mol. The first-order valence-electron chi connectivity index (χ1n) is 9.90. The third kappa shape index (κ3) is 6.99. The summed E-state index contributed by atoms with van der Waals surface area (Å²) in [4.78, 5) is 36.0. The van der Waals surface area contributed by atoms with E-state index < -0.39 is 11.9 Å². The Labute approximate surface area is 185 Å². The number of nitrogens with one attached hydrogen (secondary N) is 2. The van der Waals surface area contributed by atoms with Crippen molar-refractivity contribution in [2.24, 2.45) is 0 Å². The Morgan fingerprint density at radius 3 is 2.33 bits per heavy atom. The molecule has 7 heteroatoms. The van der Waals surface area contributed by atoms with Crippen molar-refractivity contribution in [3.63, 3.8) is 0 Å². The highest BCUT2D eigenvalue weighted by Gasteiger charge is 2.12. The van der Waals surface area contributed by atoms with Crippen molar-refractivity contribution in [3.05, 3.63) is 57.6 Å². The van der Waals surface area contributed by atoms with E-state index in [9.17, 15) is 14.4 Å². The molecule has 2 aromatic carbocycles. The van der Waals surface area contributed by atoms with Gasteiger partial charge in [-0.15, -0.1) is 0 Å². The molecule has 0 unspecified atom stereocenters. The molecule has 2 amide bonds. The van der Waals surface area contributed by atoms with Crippen molar-refractivity contribution < 1.29 is 19.1 Å². The Balaban J connectivity index is 1.70. The lowest BCUT2D eigenvalue weighted by molar-refractivity contribution is -0.147. The van der Waals surface area contributed by atoms with Gasteiger partial charge in [-0.1, -0.05) is 41.1 Å². The summed E-state index contributed by atoms with van der Waals surface area (Å²) in [6.45, 7) is 5.53. The molecule has 6 nitrogen and oxygen atoms in total. The van der Waals surface area contributed by atoms with Crippen LogP contribution < -0.4 is 10.6 Å². The van der Waals surface area contributed by atoms with Crippen LogP contribution in [0.5, 0.6) is 0 Å². The van der Waals surface area contributed by atoms with E-state index in [4.69, 9.17) is 4.74 Å². The van der Waals surface area contributed by atoms with Crippen LogP contribution in [0.1, 0.15) is 42.9 Å². The van der Waals surface area contributed by atoms with Crippen molar-refractivity contribution in [1.29, 1.82) is 0 Å². The molecule has 0 aromatic heterocycles. The Morgan fingerprint density at radius 1 is 0.900 bits per heavy atom. The molecule has 0 fully saturated rings. The number of para-hydroxylation sites is 1. The molecule has 0 spiro atoms. The minimum absolute atomic E-state index is 0.0759. The number of anilines is 2. The van der Waals surface area contributed by atoms with Gasteiger partial charge in [0.1, 0.15) is 0 Å². The van der Waals surface area contributed by atoms with Gasteiger partial charge in [0.25, 0.3) is 5.91 Å². The highest BCUT2D eigenvalue weighted by molar-refractivity contribution is 9.10. The average molecular weight is 475 g/mol. The topological polar surface area (TPSA) is 84.5 Å². The first-order valence-corrected chi connectivity index (χ1v) is 10.7. The molecule has 0 saturated carbocycles. The Kier molecular flexibility index (Phi) is 9.05. The van der Waals surface area contributed by atoms with E-state index in [1.54, 1.807) is 6.07 Å². The molecule has 0 aliphatic heterocycles. The average Bonchev–Trinajstić information content (AvgIpc) is 2.73. The molecule has 2 N–H and O–H groups in total. The number of carbonyl (C=O) groups is 3. The van der Waals surface area contributed by atoms with Crippen LogP contribution in [0.15, 0.2) is 40.9 Å². The highest BCUT2D eigenvalue weighted by atomic mass is 79.9. The van der Waals surface area contributed by atoms with Crippen LogP contribution >= 0.6 is 15.9 Å². The van der Waals surface area contributed by atoms with Crippen LogP contribution in [0.4, 0.5) is 11.4 Å². The summed E-state index contributed by atoms with van der Waals surface area (Å²) in [5.41, 5.74) is 4.51. The number of hydrogen-bond acceptors (Lipinski definition) is 4. The van der Waals surface area contributed by atoms with Crippen LogP contribution in [0.3, 0.4) is 0 Å². The molecule has 30 heavy (non-hydrogen) atoms. The fraction of sp³-hybridized carbons (Fsp3) is 0.348. The second-order valence-electron chi connectivity index (χ2n) is 6.97. The van der Waals surface area contributed by atoms with E-state index in [1.807, 2.05) is 51.1 Å². The van der Waals surface area contributed by atoms with Gasteiger partial charge in [0, 0.05) is 28.7 Å². The number of aryl methyl sites for hydroxylation is 1. The Bertz CT molecular complexity index is 927. The van der Waals surface area contributed by atoms with Crippen LogP contribution in [0, 0.1) is 13.8 Å². The fourth-order valence-corrected chi connectivity index (χ4v) is 3.31. The minimum atomic E-state index is -0.504. The van der Waals surface area contributed by atoms with Gasteiger partial charge in [-0.2, -0.15) is 0 Å². The number of rotatable bonds is 9. The maximum atomic E-state index is 12.1. The van der Waals surface area contributed by atoms with Crippen LogP contribution in [-0.4, -0.2) is 24.4 Å². The summed E-state index contributed by atoms with van der Waals surface area (Å²) in [5.74, 6) is -1.06. The first kappa shape index (κ1) is 23.6. The van der Waals surface area contributed by atoms with E-state index in [2.05, 4.69) is 26.6 Å². The number of carbonyl (C=O) groups excluding carboxylic acids is 3.